The highest BCUT2D eigenvalue weighted by molar-refractivity contribution is 6.30. The molecule has 2 aliphatic rings. The molecule has 30 heavy (non-hydrogen) atoms. The number of fused-ring (bicyclic) bond motifs is 2. The van der Waals surface area contributed by atoms with E-state index in [0.717, 1.165) is 37.8 Å². The van der Waals surface area contributed by atoms with Gasteiger partial charge in [0.05, 0.1) is 6.54 Å². The largest absolute Gasteiger partial charge is 0.352 e. The normalized spacial score (nSPS) is 23.2. The summed E-state index contributed by atoms with van der Waals surface area (Å²) in [7, 11) is 0. The molecule has 2 saturated heterocycles. The van der Waals surface area contributed by atoms with Crippen LogP contribution < -0.4 is 10.6 Å². The molecule has 0 saturated carbocycles. The van der Waals surface area contributed by atoms with Crippen LogP contribution in [0.4, 0.5) is 4.39 Å². The van der Waals surface area contributed by atoms with Crippen LogP contribution in [-0.4, -0.2) is 41.4 Å². The fourth-order valence-electron chi connectivity index (χ4n) is 4.62. The van der Waals surface area contributed by atoms with Crippen molar-refractivity contribution in [3.63, 3.8) is 0 Å². The molecule has 0 aliphatic carbocycles. The number of nitrogens with zero attached hydrogens (tertiary/aromatic N) is 1. The van der Waals surface area contributed by atoms with E-state index < -0.39 is 0 Å². The zero-order valence-electron chi connectivity index (χ0n) is 16.6. The summed E-state index contributed by atoms with van der Waals surface area (Å²) in [6, 6.07) is 14.3. The van der Waals surface area contributed by atoms with Crippen molar-refractivity contribution in [3.8, 4) is 0 Å². The minimum Gasteiger partial charge on any atom is -0.352 e. The molecule has 2 aromatic rings. The minimum atomic E-state index is -0.318. The zero-order valence-corrected chi connectivity index (χ0v) is 17.4. The highest BCUT2D eigenvalue weighted by atomic mass is 35.5. The third-order valence-electron chi connectivity index (χ3n) is 6.02. The van der Waals surface area contributed by atoms with Crippen LogP contribution in [0, 0.1) is 5.82 Å². The Hall–Kier alpha value is -2.44. The van der Waals surface area contributed by atoms with Crippen LogP contribution in [0.1, 0.15) is 41.6 Å². The zero-order chi connectivity index (χ0) is 21.1. The van der Waals surface area contributed by atoms with Crippen molar-refractivity contribution in [2.75, 3.05) is 6.54 Å². The van der Waals surface area contributed by atoms with E-state index in [9.17, 15) is 14.0 Å². The van der Waals surface area contributed by atoms with Crippen molar-refractivity contribution < 1.29 is 14.0 Å². The van der Waals surface area contributed by atoms with E-state index in [1.807, 2.05) is 12.1 Å². The number of hydrogen-bond donors (Lipinski definition) is 2. The smallest absolute Gasteiger partial charge is 0.251 e. The van der Waals surface area contributed by atoms with Gasteiger partial charge in [-0.25, -0.2) is 4.39 Å². The summed E-state index contributed by atoms with van der Waals surface area (Å²) in [6.07, 6.45) is 4.02. The molecule has 2 amide bonds. The highest BCUT2D eigenvalue weighted by Gasteiger charge is 2.40. The Bertz CT molecular complexity index is 907. The molecule has 2 fully saturated rings. The molecular formula is C23H25ClFN3O2. The first kappa shape index (κ1) is 20.8. The lowest BCUT2D eigenvalue weighted by atomic mass is 9.96. The Morgan fingerprint density at radius 2 is 1.77 bits per heavy atom. The molecule has 2 heterocycles. The summed E-state index contributed by atoms with van der Waals surface area (Å²) in [5.74, 6) is -0.714. The Labute approximate surface area is 180 Å². The number of piperidine rings is 1. The maximum atomic E-state index is 13.1. The van der Waals surface area contributed by atoms with Gasteiger partial charge in [0.2, 0.25) is 5.91 Å². The number of rotatable bonds is 6. The molecule has 2 atom stereocenters. The molecular weight excluding hydrogens is 405 g/mol. The van der Waals surface area contributed by atoms with Gasteiger partial charge in [-0.3, -0.25) is 14.5 Å². The van der Waals surface area contributed by atoms with Crippen LogP contribution in [0.3, 0.4) is 0 Å². The molecule has 0 aromatic heterocycles. The van der Waals surface area contributed by atoms with E-state index in [-0.39, 0.29) is 30.2 Å². The van der Waals surface area contributed by atoms with Gasteiger partial charge in [0.15, 0.2) is 0 Å². The lowest BCUT2D eigenvalue weighted by molar-refractivity contribution is -0.121. The third-order valence-corrected chi connectivity index (χ3v) is 6.26. The van der Waals surface area contributed by atoms with E-state index >= 15 is 0 Å². The first-order chi connectivity index (χ1) is 14.5. The number of carbonyl (C=O) groups is 2. The van der Waals surface area contributed by atoms with Gasteiger partial charge in [0, 0.05) is 35.3 Å². The van der Waals surface area contributed by atoms with Crippen LogP contribution in [0.2, 0.25) is 5.02 Å². The van der Waals surface area contributed by atoms with Crippen LogP contribution in [0.25, 0.3) is 0 Å². The standard InChI is InChI=1S/C23H25ClFN3O2/c24-17-3-1-2-16(10-17)23(30)26-13-22(29)27-19-11-20-8-9-21(12-19)28(20)14-15-4-6-18(25)7-5-15/h1-7,10,19-21H,8-9,11-14H2,(H,26,30)(H,27,29)/t20-,21-/m1/s1. The van der Waals surface area contributed by atoms with E-state index in [2.05, 4.69) is 15.5 Å². The lowest BCUT2D eigenvalue weighted by Crippen LogP contribution is -2.51. The predicted molar refractivity (Wildman–Crippen MR) is 114 cm³/mol. The van der Waals surface area contributed by atoms with Crippen LogP contribution in [0.15, 0.2) is 48.5 Å². The van der Waals surface area contributed by atoms with Crippen LogP contribution in [-0.2, 0) is 11.3 Å². The molecule has 2 aliphatic heterocycles. The van der Waals surface area contributed by atoms with Crippen LogP contribution in [0.5, 0.6) is 0 Å². The second kappa shape index (κ2) is 9.14. The van der Waals surface area contributed by atoms with E-state index in [1.54, 1.807) is 24.3 Å². The van der Waals surface area contributed by atoms with Crippen molar-refractivity contribution in [2.24, 2.45) is 0 Å². The van der Waals surface area contributed by atoms with Crippen molar-refractivity contribution in [2.45, 2.75) is 50.4 Å². The highest BCUT2D eigenvalue weighted by Crippen LogP contribution is 2.36. The average molecular weight is 430 g/mol. The summed E-state index contributed by atoms with van der Waals surface area (Å²) in [6.45, 7) is 0.752. The summed E-state index contributed by atoms with van der Waals surface area (Å²) in [5.41, 5.74) is 1.54. The number of amides is 2. The maximum Gasteiger partial charge on any atom is 0.251 e. The number of nitrogens with one attached hydrogen (secondary N) is 2. The molecule has 2 aromatic carbocycles. The van der Waals surface area contributed by atoms with Crippen LogP contribution >= 0.6 is 11.6 Å². The Balaban J connectivity index is 1.26. The summed E-state index contributed by atoms with van der Waals surface area (Å²) in [4.78, 5) is 27.0. The summed E-state index contributed by atoms with van der Waals surface area (Å²) in [5, 5.41) is 6.20. The lowest BCUT2D eigenvalue weighted by Gasteiger charge is -2.39. The van der Waals surface area contributed by atoms with Crippen molar-refractivity contribution >= 4 is 23.4 Å². The maximum absolute atomic E-state index is 13.1. The predicted octanol–water partition coefficient (Wildman–Crippen LogP) is 3.52. The molecule has 5 nitrogen and oxygen atoms in total. The Morgan fingerprint density at radius 3 is 2.43 bits per heavy atom. The monoisotopic (exact) mass is 429 g/mol. The first-order valence-electron chi connectivity index (χ1n) is 10.3. The fraction of sp³-hybridized carbons (Fsp3) is 0.391. The van der Waals surface area contributed by atoms with Crippen molar-refractivity contribution in [1.82, 2.24) is 15.5 Å². The second-order valence-electron chi connectivity index (χ2n) is 8.11. The first-order valence-corrected chi connectivity index (χ1v) is 10.7. The van der Waals surface area contributed by atoms with Gasteiger partial charge in [-0.15, -0.1) is 0 Å². The summed E-state index contributed by atoms with van der Waals surface area (Å²) < 4.78 is 13.1. The molecule has 158 valence electrons. The molecule has 0 spiro atoms. The number of benzene rings is 2. The Kier molecular flexibility index (Phi) is 6.35. The van der Waals surface area contributed by atoms with Gasteiger partial charge in [-0.1, -0.05) is 29.8 Å². The topological polar surface area (TPSA) is 61.4 Å². The molecule has 0 unspecified atom stereocenters. The van der Waals surface area contributed by atoms with E-state index in [4.69, 9.17) is 11.6 Å². The van der Waals surface area contributed by atoms with Crippen molar-refractivity contribution in [1.29, 1.82) is 0 Å². The fourth-order valence-corrected chi connectivity index (χ4v) is 4.81. The molecule has 0 radical (unpaired) electrons. The number of hydrogen-bond acceptors (Lipinski definition) is 3. The molecule has 2 N–H and O–H groups in total. The van der Waals surface area contributed by atoms with E-state index in [0.29, 0.717) is 22.7 Å². The second-order valence-corrected chi connectivity index (χ2v) is 8.55. The van der Waals surface area contributed by atoms with Gasteiger partial charge in [-0.05, 0) is 61.6 Å². The quantitative estimate of drug-likeness (QED) is 0.738. The van der Waals surface area contributed by atoms with Gasteiger partial charge >= 0.3 is 0 Å². The van der Waals surface area contributed by atoms with Gasteiger partial charge in [0.1, 0.15) is 5.82 Å². The van der Waals surface area contributed by atoms with Gasteiger partial charge in [-0.2, -0.15) is 0 Å². The number of halogens is 2. The van der Waals surface area contributed by atoms with E-state index in [1.165, 1.54) is 12.1 Å². The third kappa shape index (κ3) is 4.99. The molecule has 4 rings (SSSR count). The summed E-state index contributed by atoms with van der Waals surface area (Å²) >= 11 is 5.90. The van der Waals surface area contributed by atoms with Gasteiger partial charge < -0.3 is 10.6 Å². The van der Waals surface area contributed by atoms with Gasteiger partial charge in [0.25, 0.3) is 5.91 Å². The molecule has 2 bridgehead atoms. The Morgan fingerprint density at radius 1 is 1.07 bits per heavy atom. The molecule has 7 heteroatoms. The SMILES string of the molecule is O=C(CNC(=O)c1cccc(Cl)c1)NC1C[C@H]2CC[C@H](C1)N2Cc1ccc(F)cc1. The minimum absolute atomic E-state index is 0.0591. The van der Waals surface area contributed by atoms with Crippen molar-refractivity contribution in [3.05, 3.63) is 70.5 Å². The average Bonchev–Trinajstić information content (AvgIpc) is 2.95. The number of carbonyl (C=O) groups excluding carboxylic acids is 2.